The molecule has 1 aromatic carbocycles. The number of nitrogens with one attached hydrogen (secondary N) is 1. The Morgan fingerprint density at radius 2 is 1.95 bits per heavy atom. The van der Waals surface area contributed by atoms with E-state index in [1.165, 1.54) is 26.2 Å². The fourth-order valence-electron chi connectivity index (χ4n) is 1.30. The lowest BCUT2D eigenvalue weighted by Crippen LogP contribution is -2.38. The average molecular weight is 366 g/mol. The Bertz CT molecular complexity index is 642. The van der Waals surface area contributed by atoms with Gasteiger partial charge in [-0.2, -0.15) is 4.72 Å². The molecule has 0 saturated heterocycles. The first-order chi connectivity index (χ1) is 9.17. The third-order valence-electron chi connectivity index (χ3n) is 2.31. The summed E-state index contributed by atoms with van der Waals surface area (Å²) in [4.78, 5) is 21.9. The van der Waals surface area contributed by atoms with Crippen LogP contribution in [0, 0.1) is 0 Å². The monoisotopic (exact) mass is 365 g/mol. The maximum Gasteiger partial charge on any atom is 0.337 e. The van der Waals surface area contributed by atoms with E-state index in [4.69, 9.17) is 5.11 Å². The standard InChI is InChI=1S/C11H12BrNO6S/c1-6(10(14)15)13-20(17,18)9-4-7(11(16)19-2)3-8(12)5-9/h3-6,13H,1-2H3,(H,14,15). The summed E-state index contributed by atoms with van der Waals surface area (Å²) < 4.78 is 30.9. The van der Waals surface area contributed by atoms with E-state index in [1.54, 1.807) is 0 Å². The van der Waals surface area contributed by atoms with E-state index in [1.807, 2.05) is 4.72 Å². The molecule has 1 rings (SSSR count). The molecule has 7 nitrogen and oxygen atoms in total. The van der Waals surface area contributed by atoms with E-state index >= 15 is 0 Å². The highest BCUT2D eigenvalue weighted by Crippen LogP contribution is 2.20. The van der Waals surface area contributed by atoms with Crippen molar-refractivity contribution >= 4 is 37.9 Å². The molecule has 0 spiro atoms. The molecular weight excluding hydrogens is 354 g/mol. The Morgan fingerprint density at radius 1 is 1.35 bits per heavy atom. The van der Waals surface area contributed by atoms with Crippen LogP contribution in [0.2, 0.25) is 0 Å². The van der Waals surface area contributed by atoms with Gasteiger partial charge in [-0.05, 0) is 25.1 Å². The predicted molar refractivity (Wildman–Crippen MR) is 72.9 cm³/mol. The molecule has 9 heteroatoms. The van der Waals surface area contributed by atoms with Crippen LogP contribution in [0.3, 0.4) is 0 Å². The van der Waals surface area contributed by atoms with Crippen molar-refractivity contribution in [2.45, 2.75) is 17.9 Å². The molecule has 0 fully saturated rings. The highest BCUT2D eigenvalue weighted by Gasteiger charge is 2.23. The van der Waals surface area contributed by atoms with Gasteiger partial charge in [-0.3, -0.25) is 4.79 Å². The van der Waals surface area contributed by atoms with Crippen molar-refractivity contribution in [1.82, 2.24) is 4.72 Å². The first-order valence-corrected chi connectivity index (χ1v) is 7.59. The number of carboxylic acids is 1. The van der Waals surface area contributed by atoms with Crippen molar-refractivity contribution in [3.05, 3.63) is 28.2 Å². The third kappa shape index (κ3) is 4.02. The molecule has 0 bridgehead atoms. The number of aliphatic carboxylic acids is 1. The van der Waals surface area contributed by atoms with Gasteiger partial charge in [0.15, 0.2) is 0 Å². The second-order valence-corrected chi connectivity index (χ2v) is 6.48. The molecule has 0 saturated carbocycles. The van der Waals surface area contributed by atoms with E-state index in [0.29, 0.717) is 4.47 Å². The molecule has 1 aromatic rings. The van der Waals surface area contributed by atoms with Gasteiger partial charge >= 0.3 is 11.9 Å². The fourth-order valence-corrected chi connectivity index (χ4v) is 3.22. The molecular formula is C11H12BrNO6S. The number of ether oxygens (including phenoxy) is 1. The Morgan fingerprint density at radius 3 is 2.45 bits per heavy atom. The van der Waals surface area contributed by atoms with Gasteiger partial charge in [0.25, 0.3) is 0 Å². The molecule has 2 N–H and O–H groups in total. The van der Waals surface area contributed by atoms with Crippen molar-refractivity contribution < 1.29 is 27.9 Å². The van der Waals surface area contributed by atoms with Gasteiger partial charge < -0.3 is 9.84 Å². The van der Waals surface area contributed by atoms with E-state index in [2.05, 4.69) is 20.7 Å². The van der Waals surface area contributed by atoms with Crippen LogP contribution in [0.5, 0.6) is 0 Å². The van der Waals surface area contributed by atoms with E-state index in [9.17, 15) is 18.0 Å². The summed E-state index contributed by atoms with van der Waals surface area (Å²) in [5.74, 6) is -2.01. The van der Waals surface area contributed by atoms with Crippen molar-refractivity contribution in [3.8, 4) is 0 Å². The lowest BCUT2D eigenvalue weighted by molar-refractivity contribution is -0.138. The molecule has 1 atom stereocenters. The van der Waals surface area contributed by atoms with Gasteiger partial charge in [0.1, 0.15) is 6.04 Å². The average Bonchev–Trinajstić information content (AvgIpc) is 2.36. The lowest BCUT2D eigenvalue weighted by Gasteiger charge is -2.11. The quantitative estimate of drug-likeness (QED) is 0.752. The minimum absolute atomic E-state index is 0.0326. The number of benzene rings is 1. The number of hydrogen-bond donors (Lipinski definition) is 2. The van der Waals surface area contributed by atoms with Crippen molar-refractivity contribution in [2.75, 3.05) is 7.11 Å². The zero-order valence-electron chi connectivity index (χ0n) is 10.6. The first-order valence-electron chi connectivity index (χ1n) is 5.31. The van der Waals surface area contributed by atoms with Crippen molar-refractivity contribution in [3.63, 3.8) is 0 Å². The second-order valence-electron chi connectivity index (χ2n) is 3.85. The van der Waals surface area contributed by atoms with Gasteiger partial charge in [-0.25, -0.2) is 13.2 Å². The Hall–Kier alpha value is -1.45. The molecule has 0 aliphatic carbocycles. The summed E-state index contributed by atoms with van der Waals surface area (Å²) in [5, 5.41) is 8.72. The zero-order valence-corrected chi connectivity index (χ0v) is 13.0. The van der Waals surface area contributed by atoms with Gasteiger partial charge in [-0.1, -0.05) is 15.9 Å². The number of esters is 1. The number of hydrogen-bond acceptors (Lipinski definition) is 5. The van der Waals surface area contributed by atoms with Crippen molar-refractivity contribution in [2.24, 2.45) is 0 Å². The smallest absolute Gasteiger partial charge is 0.337 e. The van der Waals surface area contributed by atoms with E-state index in [-0.39, 0.29) is 10.5 Å². The molecule has 0 heterocycles. The Balaban J connectivity index is 3.22. The van der Waals surface area contributed by atoms with Crippen molar-refractivity contribution in [1.29, 1.82) is 0 Å². The van der Waals surface area contributed by atoms with Crippen LogP contribution in [0.15, 0.2) is 27.6 Å². The molecule has 0 radical (unpaired) electrons. The molecule has 0 aliphatic heterocycles. The predicted octanol–water partition coefficient (Wildman–Crippen LogP) is 0.987. The first kappa shape index (κ1) is 16.6. The van der Waals surface area contributed by atoms with Gasteiger partial charge in [-0.15, -0.1) is 0 Å². The Labute approximate surface area is 124 Å². The topological polar surface area (TPSA) is 110 Å². The SMILES string of the molecule is COC(=O)c1cc(Br)cc(S(=O)(=O)NC(C)C(=O)O)c1. The summed E-state index contributed by atoms with van der Waals surface area (Å²) >= 11 is 3.08. The fraction of sp³-hybridized carbons (Fsp3) is 0.273. The summed E-state index contributed by atoms with van der Waals surface area (Å²) in [6.45, 7) is 1.19. The normalized spacial score (nSPS) is 12.8. The summed E-state index contributed by atoms with van der Waals surface area (Å²) in [6, 6.07) is 2.46. The summed E-state index contributed by atoms with van der Waals surface area (Å²) in [7, 11) is -2.89. The van der Waals surface area contributed by atoms with Crippen LogP contribution in [-0.4, -0.2) is 38.6 Å². The Kier molecular flexibility index (Phi) is 5.26. The molecule has 0 amide bonds. The van der Waals surface area contributed by atoms with Gasteiger partial charge in [0.05, 0.1) is 17.6 Å². The molecule has 1 unspecified atom stereocenters. The number of carbonyl (C=O) groups is 2. The molecule has 0 aromatic heterocycles. The minimum atomic E-state index is -4.06. The van der Waals surface area contributed by atoms with Crippen LogP contribution in [0.4, 0.5) is 0 Å². The molecule has 20 heavy (non-hydrogen) atoms. The lowest BCUT2D eigenvalue weighted by atomic mass is 10.2. The van der Waals surface area contributed by atoms with E-state index in [0.717, 1.165) is 6.07 Å². The maximum atomic E-state index is 12.0. The molecule has 0 aliphatic rings. The molecule has 110 valence electrons. The van der Waals surface area contributed by atoms with Crippen LogP contribution < -0.4 is 4.72 Å². The number of rotatable bonds is 5. The van der Waals surface area contributed by atoms with Gasteiger partial charge in [0, 0.05) is 4.47 Å². The zero-order chi connectivity index (χ0) is 15.5. The number of methoxy groups -OCH3 is 1. The van der Waals surface area contributed by atoms with Gasteiger partial charge in [0.2, 0.25) is 10.0 Å². The van der Waals surface area contributed by atoms with Crippen LogP contribution in [-0.2, 0) is 19.6 Å². The second kappa shape index (κ2) is 6.33. The highest BCUT2D eigenvalue weighted by molar-refractivity contribution is 9.10. The minimum Gasteiger partial charge on any atom is -0.480 e. The van der Waals surface area contributed by atoms with Crippen LogP contribution in [0.1, 0.15) is 17.3 Å². The van der Waals surface area contributed by atoms with E-state index < -0.39 is 28.0 Å². The van der Waals surface area contributed by atoms with Crippen LogP contribution in [0.25, 0.3) is 0 Å². The number of halogens is 1. The highest BCUT2D eigenvalue weighted by atomic mass is 79.9. The summed E-state index contributed by atoms with van der Waals surface area (Å²) in [5.41, 5.74) is 0.0326. The number of sulfonamides is 1. The number of carboxylic acid groups (broad SMARTS) is 1. The summed E-state index contributed by atoms with van der Waals surface area (Å²) in [6.07, 6.45) is 0. The largest absolute Gasteiger partial charge is 0.480 e. The van der Waals surface area contributed by atoms with Crippen LogP contribution >= 0.6 is 15.9 Å². The maximum absolute atomic E-state index is 12.0. The number of carbonyl (C=O) groups excluding carboxylic acids is 1. The third-order valence-corrected chi connectivity index (χ3v) is 4.28.